The second kappa shape index (κ2) is 10.6. The quantitative estimate of drug-likeness (QED) is 0.314. The van der Waals surface area contributed by atoms with E-state index in [1.807, 2.05) is 6.07 Å². The van der Waals surface area contributed by atoms with Crippen LogP contribution in [0.4, 0.5) is 10.2 Å². The van der Waals surface area contributed by atoms with E-state index in [-0.39, 0.29) is 35.3 Å². The number of nitrogens with two attached hydrogens (primary N) is 1. The van der Waals surface area contributed by atoms with Gasteiger partial charge in [-0.2, -0.15) is 15.1 Å². The van der Waals surface area contributed by atoms with Gasteiger partial charge in [0.05, 0.1) is 22.8 Å². The Hall–Kier alpha value is -4.19. The highest BCUT2D eigenvalue weighted by Gasteiger charge is 2.17. The Balaban J connectivity index is 1.59. The van der Waals surface area contributed by atoms with Crippen molar-refractivity contribution in [2.45, 2.75) is 17.7 Å². The van der Waals surface area contributed by atoms with Crippen LogP contribution in [0.15, 0.2) is 53.4 Å². The molecule has 9 nitrogen and oxygen atoms in total. The molecule has 1 amide bonds. The van der Waals surface area contributed by atoms with E-state index in [0.717, 1.165) is 0 Å². The summed E-state index contributed by atoms with van der Waals surface area (Å²) in [7, 11) is -3.74. The van der Waals surface area contributed by atoms with Crippen molar-refractivity contribution in [2.75, 3.05) is 18.8 Å². The Morgan fingerprint density at radius 1 is 1.18 bits per heavy atom. The van der Waals surface area contributed by atoms with E-state index >= 15 is 0 Å². The minimum atomic E-state index is -3.74. The molecule has 174 valence electrons. The van der Waals surface area contributed by atoms with Gasteiger partial charge in [0.2, 0.25) is 10.0 Å². The van der Waals surface area contributed by atoms with Gasteiger partial charge >= 0.3 is 0 Å². The van der Waals surface area contributed by atoms with Crippen LogP contribution < -0.4 is 15.8 Å². The summed E-state index contributed by atoms with van der Waals surface area (Å²) in [6.45, 7) is 0.155. The van der Waals surface area contributed by atoms with E-state index in [0.29, 0.717) is 29.8 Å². The van der Waals surface area contributed by atoms with Gasteiger partial charge in [-0.1, -0.05) is 5.92 Å². The van der Waals surface area contributed by atoms with E-state index in [1.165, 1.54) is 53.2 Å². The summed E-state index contributed by atoms with van der Waals surface area (Å²) in [6, 6.07) is 13.0. The number of benzene rings is 2. The summed E-state index contributed by atoms with van der Waals surface area (Å²) < 4.78 is 40.9. The highest BCUT2D eigenvalue weighted by molar-refractivity contribution is 7.89. The van der Waals surface area contributed by atoms with Crippen molar-refractivity contribution in [3.63, 3.8) is 0 Å². The first-order chi connectivity index (χ1) is 16.3. The van der Waals surface area contributed by atoms with Gasteiger partial charge in [-0.05, 0) is 61.4 Å². The number of halogens is 1. The number of nitrogens with zero attached hydrogens (tertiary/aromatic N) is 3. The van der Waals surface area contributed by atoms with Gasteiger partial charge in [0.25, 0.3) is 5.91 Å². The fourth-order valence-corrected chi connectivity index (χ4v) is 4.05. The number of rotatable bonds is 9. The van der Waals surface area contributed by atoms with Crippen molar-refractivity contribution in [1.29, 1.82) is 5.26 Å². The summed E-state index contributed by atoms with van der Waals surface area (Å²) in [5.74, 6) is 1.56. The van der Waals surface area contributed by atoms with Crippen molar-refractivity contribution >= 4 is 21.7 Å². The topological polar surface area (TPSA) is 143 Å². The molecule has 0 unspecified atom stereocenters. The van der Waals surface area contributed by atoms with Gasteiger partial charge < -0.3 is 11.1 Å². The lowest BCUT2D eigenvalue weighted by Gasteiger charge is -2.07. The predicted octanol–water partition coefficient (Wildman–Crippen LogP) is 1.74. The highest BCUT2D eigenvalue weighted by atomic mass is 32.2. The van der Waals surface area contributed by atoms with E-state index in [4.69, 9.17) is 12.2 Å². The molecule has 3 aromatic rings. The maximum Gasteiger partial charge on any atom is 0.251 e. The summed E-state index contributed by atoms with van der Waals surface area (Å²) in [5.41, 5.74) is 7.55. The van der Waals surface area contributed by atoms with Crippen molar-refractivity contribution in [3.8, 4) is 24.1 Å². The molecule has 0 radical (unpaired) electrons. The minimum Gasteiger partial charge on any atom is -0.382 e. The standard InChI is InChI=1S/C23H21FN6O3S/c1-2-13-28-34(32,33)19-11-5-16(6-12-19)23(31)27-14-3-4-21-20(15-25)22(26)30(29-21)18-9-7-17(24)8-10-18/h1,5-12,28H,3-4,13-14,26H2,(H,27,31). The Bertz CT molecular complexity index is 1370. The van der Waals surface area contributed by atoms with Crippen LogP contribution in [-0.4, -0.2) is 37.2 Å². The average Bonchev–Trinajstić information content (AvgIpc) is 3.16. The summed E-state index contributed by atoms with van der Waals surface area (Å²) in [5, 5.41) is 16.6. The normalized spacial score (nSPS) is 10.9. The molecule has 1 heterocycles. The lowest BCUT2D eigenvalue weighted by Crippen LogP contribution is -2.26. The van der Waals surface area contributed by atoms with Crippen LogP contribution in [0, 0.1) is 29.5 Å². The Labute approximate surface area is 196 Å². The average molecular weight is 481 g/mol. The Kier molecular flexibility index (Phi) is 7.64. The van der Waals surface area contributed by atoms with E-state index in [9.17, 15) is 22.9 Å². The second-order valence-corrected chi connectivity index (χ2v) is 8.89. The number of aromatic nitrogens is 2. The van der Waals surface area contributed by atoms with Crippen LogP contribution >= 0.6 is 0 Å². The monoisotopic (exact) mass is 480 g/mol. The molecule has 0 aliphatic heterocycles. The van der Waals surface area contributed by atoms with Gasteiger partial charge in [-0.15, -0.1) is 6.42 Å². The zero-order valence-corrected chi connectivity index (χ0v) is 18.8. The number of hydrogen-bond donors (Lipinski definition) is 3. The molecule has 1 aromatic heterocycles. The lowest BCUT2D eigenvalue weighted by molar-refractivity contribution is 0.0953. The third-order valence-corrected chi connectivity index (χ3v) is 6.26. The molecule has 2 aromatic carbocycles. The first-order valence-corrected chi connectivity index (χ1v) is 11.6. The molecule has 4 N–H and O–H groups in total. The van der Waals surface area contributed by atoms with Crippen LogP contribution in [0.1, 0.15) is 28.0 Å². The molecule has 11 heteroatoms. The molecule has 0 atom stereocenters. The van der Waals surface area contributed by atoms with Crippen LogP contribution in [0.3, 0.4) is 0 Å². The van der Waals surface area contributed by atoms with Gasteiger partial charge in [0.15, 0.2) is 0 Å². The van der Waals surface area contributed by atoms with Crippen LogP contribution in [0.5, 0.6) is 0 Å². The van der Waals surface area contributed by atoms with Crippen LogP contribution in [-0.2, 0) is 16.4 Å². The number of hydrogen-bond acceptors (Lipinski definition) is 6. The smallest absolute Gasteiger partial charge is 0.251 e. The molecule has 0 saturated carbocycles. The largest absolute Gasteiger partial charge is 0.382 e. The molecule has 0 aliphatic rings. The Morgan fingerprint density at radius 3 is 2.47 bits per heavy atom. The molecule has 0 bridgehead atoms. The number of nitrogen functional groups attached to an aromatic ring is 1. The van der Waals surface area contributed by atoms with Crippen molar-refractivity contribution in [2.24, 2.45) is 0 Å². The number of carbonyl (C=O) groups excluding carboxylic acids is 1. The van der Waals surface area contributed by atoms with Gasteiger partial charge in [0, 0.05) is 12.1 Å². The number of anilines is 1. The molecular weight excluding hydrogens is 459 g/mol. The first-order valence-electron chi connectivity index (χ1n) is 10.1. The second-order valence-electron chi connectivity index (χ2n) is 7.12. The van der Waals surface area contributed by atoms with Gasteiger partial charge in [0.1, 0.15) is 23.3 Å². The van der Waals surface area contributed by atoms with E-state index in [1.54, 1.807) is 0 Å². The summed E-state index contributed by atoms with van der Waals surface area (Å²) in [4.78, 5) is 12.4. The van der Waals surface area contributed by atoms with Crippen LogP contribution in [0.2, 0.25) is 0 Å². The molecule has 0 saturated heterocycles. The van der Waals surface area contributed by atoms with Gasteiger partial charge in [-0.3, -0.25) is 4.79 Å². The van der Waals surface area contributed by atoms with Crippen molar-refractivity contribution in [1.82, 2.24) is 19.8 Å². The zero-order valence-electron chi connectivity index (χ0n) is 18.0. The molecule has 3 rings (SSSR count). The van der Waals surface area contributed by atoms with E-state index in [2.05, 4.69) is 21.1 Å². The molecule has 0 spiro atoms. The molecule has 0 aliphatic carbocycles. The lowest BCUT2D eigenvalue weighted by atomic mass is 10.1. The third-order valence-electron chi connectivity index (χ3n) is 4.84. The third kappa shape index (κ3) is 5.59. The molecular formula is C23H21FN6O3S. The zero-order chi connectivity index (χ0) is 24.7. The first kappa shape index (κ1) is 24.5. The summed E-state index contributed by atoms with van der Waals surface area (Å²) >= 11 is 0. The van der Waals surface area contributed by atoms with Crippen molar-refractivity contribution < 1.29 is 17.6 Å². The number of sulfonamides is 1. The fraction of sp³-hybridized carbons (Fsp3) is 0.174. The fourth-order valence-electron chi connectivity index (χ4n) is 3.12. The number of nitrogens with one attached hydrogen (secondary N) is 2. The van der Waals surface area contributed by atoms with Gasteiger partial charge in [-0.25, -0.2) is 17.5 Å². The number of terminal acetylenes is 1. The van der Waals surface area contributed by atoms with Crippen LogP contribution in [0.25, 0.3) is 5.69 Å². The SMILES string of the molecule is C#CCNS(=O)(=O)c1ccc(C(=O)NCCCc2nn(-c3ccc(F)cc3)c(N)c2C#N)cc1. The number of nitriles is 1. The Morgan fingerprint density at radius 2 is 1.85 bits per heavy atom. The molecule has 0 fully saturated rings. The number of amides is 1. The maximum atomic E-state index is 13.2. The maximum absolute atomic E-state index is 13.2. The predicted molar refractivity (Wildman–Crippen MR) is 124 cm³/mol. The molecule has 34 heavy (non-hydrogen) atoms. The van der Waals surface area contributed by atoms with E-state index < -0.39 is 15.8 Å². The number of aryl methyl sites for hydroxylation is 1. The van der Waals surface area contributed by atoms with Crippen molar-refractivity contribution in [3.05, 3.63) is 71.2 Å². The summed E-state index contributed by atoms with van der Waals surface area (Å²) in [6.07, 6.45) is 5.91. The minimum absolute atomic E-state index is 0.00216. The highest BCUT2D eigenvalue weighted by Crippen LogP contribution is 2.21. The number of carbonyl (C=O) groups is 1.